The van der Waals surface area contributed by atoms with Gasteiger partial charge in [0.1, 0.15) is 11.5 Å². The van der Waals surface area contributed by atoms with Gasteiger partial charge in [0.05, 0.1) is 5.57 Å². The molecule has 0 radical (unpaired) electrons. The molecule has 20 heavy (non-hydrogen) atoms. The first-order valence-corrected chi connectivity index (χ1v) is 7.18. The van der Waals surface area contributed by atoms with Crippen LogP contribution < -0.4 is 0 Å². The van der Waals surface area contributed by atoms with Crippen molar-refractivity contribution in [1.82, 2.24) is 4.90 Å². The zero-order valence-electron chi connectivity index (χ0n) is 12.1. The largest absolute Gasteiger partial charge is 0.469 e. The monoisotopic (exact) mass is 278 g/mol. The number of amides is 1. The standard InChI is InChI=1S/C15H22N2O3/c1-3-4-5-6-7-8-13-11(2)14(18)17-10-9-12(16-19)15(17)20-13/h3-4,15,19H,5-10H2,1-2H3/b4-3+,16-12-/t15-/m1/s1. The van der Waals surface area contributed by atoms with Gasteiger partial charge in [-0.2, -0.15) is 0 Å². The van der Waals surface area contributed by atoms with Crippen LogP contribution in [0.4, 0.5) is 0 Å². The van der Waals surface area contributed by atoms with Gasteiger partial charge in [-0.1, -0.05) is 17.3 Å². The van der Waals surface area contributed by atoms with E-state index in [0.29, 0.717) is 24.3 Å². The number of unbranched alkanes of at least 4 members (excludes halogenated alkanes) is 2. The molecule has 1 N–H and O–H groups in total. The summed E-state index contributed by atoms with van der Waals surface area (Å²) in [7, 11) is 0. The normalized spacial score (nSPS) is 24.7. The van der Waals surface area contributed by atoms with Crippen LogP contribution in [0.3, 0.4) is 0 Å². The number of oxime groups is 1. The minimum absolute atomic E-state index is 0.00311. The molecule has 0 spiro atoms. The molecule has 0 aromatic heterocycles. The van der Waals surface area contributed by atoms with E-state index in [0.717, 1.165) is 31.4 Å². The van der Waals surface area contributed by atoms with E-state index in [1.807, 2.05) is 19.9 Å². The van der Waals surface area contributed by atoms with Gasteiger partial charge in [-0.15, -0.1) is 0 Å². The number of fused-ring (bicyclic) bond motifs is 1. The van der Waals surface area contributed by atoms with Crippen LogP contribution in [-0.2, 0) is 9.53 Å². The molecule has 0 bridgehead atoms. The predicted molar refractivity (Wildman–Crippen MR) is 76.4 cm³/mol. The lowest BCUT2D eigenvalue weighted by atomic mass is 10.1. The van der Waals surface area contributed by atoms with Crippen molar-refractivity contribution < 1.29 is 14.7 Å². The van der Waals surface area contributed by atoms with Crippen molar-refractivity contribution in [2.45, 2.75) is 52.2 Å². The molecular formula is C15H22N2O3. The highest BCUT2D eigenvalue weighted by molar-refractivity contribution is 6.01. The second-order valence-corrected chi connectivity index (χ2v) is 5.17. The molecule has 5 heteroatoms. The third-order valence-corrected chi connectivity index (χ3v) is 3.82. The van der Waals surface area contributed by atoms with Crippen molar-refractivity contribution in [2.24, 2.45) is 5.16 Å². The van der Waals surface area contributed by atoms with E-state index in [1.165, 1.54) is 0 Å². The van der Waals surface area contributed by atoms with E-state index >= 15 is 0 Å². The summed E-state index contributed by atoms with van der Waals surface area (Å²) in [6.45, 7) is 4.39. The molecule has 2 heterocycles. The average Bonchev–Trinajstić information content (AvgIpc) is 2.86. The van der Waals surface area contributed by atoms with Gasteiger partial charge in [0.25, 0.3) is 5.91 Å². The lowest BCUT2D eigenvalue weighted by molar-refractivity contribution is -0.136. The van der Waals surface area contributed by atoms with Gasteiger partial charge in [-0.25, -0.2) is 0 Å². The maximum Gasteiger partial charge on any atom is 0.256 e. The molecule has 0 aromatic rings. The minimum atomic E-state index is -0.498. The van der Waals surface area contributed by atoms with Crippen LogP contribution in [0.2, 0.25) is 0 Å². The fourth-order valence-electron chi connectivity index (χ4n) is 2.61. The first kappa shape index (κ1) is 14.6. The summed E-state index contributed by atoms with van der Waals surface area (Å²) in [5.74, 6) is 0.753. The quantitative estimate of drug-likeness (QED) is 0.364. The van der Waals surface area contributed by atoms with Crippen molar-refractivity contribution in [3.05, 3.63) is 23.5 Å². The number of carbonyl (C=O) groups is 1. The lowest BCUT2D eigenvalue weighted by Gasteiger charge is -2.32. The molecule has 5 nitrogen and oxygen atoms in total. The van der Waals surface area contributed by atoms with Gasteiger partial charge in [-0.05, 0) is 33.1 Å². The van der Waals surface area contributed by atoms with E-state index in [1.54, 1.807) is 4.90 Å². The Kier molecular flexibility index (Phi) is 4.82. The molecule has 0 unspecified atom stereocenters. The summed E-state index contributed by atoms with van der Waals surface area (Å²) in [5.41, 5.74) is 1.23. The topological polar surface area (TPSA) is 62.1 Å². The highest BCUT2D eigenvalue weighted by atomic mass is 16.5. The molecule has 0 aromatic carbocycles. The number of hydrogen-bond acceptors (Lipinski definition) is 4. The zero-order chi connectivity index (χ0) is 14.5. The van der Waals surface area contributed by atoms with Crippen LogP contribution in [0, 0.1) is 0 Å². The molecule has 1 fully saturated rings. The molecule has 1 amide bonds. The van der Waals surface area contributed by atoms with Gasteiger partial charge in [0.2, 0.25) is 6.23 Å². The van der Waals surface area contributed by atoms with Gasteiger partial charge < -0.3 is 9.94 Å². The number of rotatable bonds is 5. The lowest BCUT2D eigenvalue weighted by Crippen LogP contribution is -2.44. The molecule has 0 aliphatic carbocycles. The van der Waals surface area contributed by atoms with Crippen molar-refractivity contribution in [1.29, 1.82) is 0 Å². The van der Waals surface area contributed by atoms with E-state index in [2.05, 4.69) is 11.2 Å². The Morgan fingerprint density at radius 2 is 2.30 bits per heavy atom. The summed E-state index contributed by atoms with van der Waals surface area (Å²) in [6.07, 6.45) is 8.15. The smallest absolute Gasteiger partial charge is 0.256 e. The van der Waals surface area contributed by atoms with Crippen LogP contribution in [-0.4, -0.2) is 34.5 Å². The average molecular weight is 278 g/mol. The Balaban J connectivity index is 1.99. The van der Waals surface area contributed by atoms with E-state index in [-0.39, 0.29) is 5.91 Å². The van der Waals surface area contributed by atoms with Crippen molar-refractivity contribution in [3.63, 3.8) is 0 Å². The number of allylic oxidation sites excluding steroid dienone is 3. The Hall–Kier alpha value is -1.78. The number of hydrogen-bond donors (Lipinski definition) is 1. The van der Waals surface area contributed by atoms with Crippen molar-refractivity contribution >= 4 is 11.6 Å². The molecule has 2 rings (SSSR count). The fourth-order valence-corrected chi connectivity index (χ4v) is 2.61. The summed E-state index contributed by atoms with van der Waals surface area (Å²) in [6, 6.07) is 0. The highest BCUT2D eigenvalue weighted by Gasteiger charge is 2.41. The minimum Gasteiger partial charge on any atom is -0.469 e. The van der Waals surface area contributed by atoms with Crippen LogP contribution in [0.5, 0.6) is 0 Å². The molecular weight excluding hydrogens is 256 g/mol. The van der Waals surface area contributed by atoms with Gasteiger partial charge >= 0.3 is 0 Å². The van der Waals surface area contributed by atoms with Crippen LogP contribution >= 0.6 is 0 Å². The number of carbonyl (C=O) groups excluding carboxylic acids is 1. The molecule has 2 aliphatic rings. The van der Waals surface area contributed by atoms with Crippen LogP contribution in [0.15, 0.2) is 28.6 Å². The third-order valence-electron chi connectivity index (χ3n) is 3.82. The van der Waals surface area contributed by atoms with Crippen molar-refractivity contribution in [2.75, 3.05) is 6.54 Å². The second kappa shape index (κ2) is 6.59. The van der Waals surface area contributed by atoms with E-state index < -0.39 is 6.23 Å². The van der Waals surface area contributed by atoms with E-state index in [9.17, 15) is 4.79 Å². The molecule has 0 saturated carbocycles. The number of nitrogens with zero attached hydrogens (tertiary/aromatic N) is 2. The third kappa shape index (κ3) is 2.86. The predicted octanol–water partition coefficient (Wildman–Crippen LogP) is 2.82. The van der Waals surface area contributed by atoms with Gasteiger partial charge in [0, 0.05) is 19.4 Å². The zero-order valence-corrected chi connectivity index (χ0v) is 12.1. The second-order valence-electron chi connectivity index (χ2n) is 5.17. The molecule has 2 aliphatic heterocycles. The number of ether oxygens (including phenoxy) is 1. The molecule has 110 valence electrons. The van der Waals surface area contributed by atoms with Gasteiger partial charge in [-0.3, -0.25) is 9.69 Å². The SMILES string of the molecule is C/C=C/CCCCC1=C(C)C(=O)N2CC/C(=N/O)[C@H]2O1. The first-order valence-electron chi connectivity index (χ1n) is 7.18. The summed E-state index contributed by atoms with van der Waals surface area (Å²) >= 11 is 0. The van der Waals surface area contributed by atoms with Gasteiger partial charge in [0.15, 0.2) is 0 Å². The molecule has 1 atom stereocenters. The first-order chi connectivity index (χ1) is 9.69. The summed E-state index contributed by atoms with van der Waals surface area (Å²) < 4.78 is 5.88. The Labute approximate surface area is 119 Å². The highest BCUT2D eigenvalue weighted by Crippen LogP contribution is 2.30. The summed E-state index contributed by atoms with van der Waals surface area (Å²) in [4.78, 5) is 13.9. The van der Waals surface area contributed by atoms with Crippen molar-refractivity contribution in [3.8, 4) is 0 Å². The fraction of sp³-hybridized carbons (Fsp3) is 0.600. The maximum atomic E-state index is 12.3. The Bertz CT molecular complexity index is 466. The van der Waals surface area contributed by atoms with E-state index in [4.69, 9.17) is 9.94 Å². The van der Waals surface area contributed by atoms with Crippen LogP contribution in [0.1, 0.15) is 46.0 Å². The molecule has 1 saturated heterocycles. The Morgan fingerprint density at radius 3 is 3.00 bits per heavy atom. The van der Waals surface area contributed by atoms with Crippen LogP contribution in [0.25, 0.3) is 0 Å². The Morgan fingerprint density at radius 1 is 1.50 bits per heavy atom. The summed E-state index contributed by atoms with van der Waals surface area (Å²) in [5, 5.41) is 12.2. The maximum absolute atomic E-state index is 12.3.